The molecule has 0 bridgehead atoms. The van der Waals surface area contributed by atoms with E-state index in [0.717, 1.165) is 17.9 Å². The van der Waals surface area contributed by atoms with Gasteiger partial charge in [-0.1, -0.05) is 44.2 Å². The van der Waals surface area contributed by atoms with Crippen LogP contribution >= 0.6 is 0 Å². The van der Waals surface area contributed by atoms with Crippen LogP contribution in [0.4, 0.5) is 0 Å². The SMILES string of the molecule is COC(=O)C(NC(=O)c1cc(=O)c(OCc2ccccc2)co1)C(C)C. The van der Waals surface area contributed by atoms with E-state index in [1.54, 1.807) is 13.8 Å². The molecule has 0 saturated heterocycles. The van der Waals surface area contributed by atoms with E-state index in [1.807, 2.05) is 30.3 Å². The number of nitrogens with one attached hydrogen (secondary N) is 1. The Morgan fingerprint density at radius 1 is 1.19 bits per heavy atom. The zero-order valence-electron chi connectivity index (χ0n) is 14.9. The van der Waals surface area contributed by atoms with Gasteiger partial charge in [-0.25, -0.2) is 4.79 Å². The second kappa shape index (κ2) is 8.84. The number of carbonyl (C=O) groups excluding carboxylic acids is 2. The average molecular weight is 359 g/mol. The summed E-state index contributed by atoms with van der Waals surface area (Å²) < 4.78 is 15.3. The summed E-state index contributed by atoms with van der Waals surface area (Å²) in [5, 5.41) is 2.50. The first-order valence-electron chi connectivity index (χ1n) is 8.10. The van der Waals surface area contributed by atoms with Crippen LogP contribution in [0.2, 0.25) is 0 Å². The fraction of sp³-hybridized carbons (Fsp3) is 0.316. The van der Waals surface area contributed by atoms with Crippen molar-refractivity contribution in [2.75, 3.05) is 7.11 Å². The highest BCUT2D eigenvalue weighted by molar-refractivity contribution is 5.94. The second-order valence-electron chi connectivity index (χ2n) is 5.97. The van der Waals surface area contributed by atoms with Crippen LogP contribution in [0.3, 0.4) is 0 Å². The topological polar surface area (TPSA) is 94.8 Å². The molecule has 1 aromatic carbocycles. The highest BCUT2D eigenvalue weighted by atomic mass is 16.5. The van der Waals surface area contributed by atoms with Gasteiger partial charge in [0.15, 0.2) is 5.76 Å². The van der Waals surface area contributed by atoms with Crippen LogP contribution in [0.5, 0.6) is 5.75 Å². The molecule has 0 saturated carbocycles. The molecule has 1 atom stereocenters. The molecule has 26 heavy (non-hydrogen) atoms. The van der Waals surface area contributed by atoms with E-state index in [0.29, 0.717) is 0 Å². The molecule has 2 rings (SSSR count). The molecule has 1 N–H and O–H groups in total. The highest BCUT2D eigenvalue weighted by Gasteiger charge is 2.26. The third kappa shape index (κ3) is 4.95. The molecule has 1 heterocycles. The zero-order valence-corrected chi connectivity index (χ0v) is 14.9. The van der Waals surface area contributed by atoms with Crippen molar-refractivity contribution in [3.05, 3.63) is 64.2 Å². The number of hydrogen-bond acceptors (Lipinski definition) is 6. The van der Waals surface area contributed by atoms with Crippen molar-refractivity contribution in [2.24, 2.45) is 5.92 Å². The maximum atomic E-state index is 12.2. The minimum absolute atomic E-state index is 0.00113. The van der Waals surface area contributed by atoms with Crippen LogP contribution in [0, 0.1) is 5.92 Å². The van der Waals surface area contributed by atoms with Gasteiger partial charge in [0, 0.05) is 6.07 Å². The number of carbonyl (C=O) groups is 2. The van der Waals surface area contributed by atoms with Gasteiger partial charge in [0.05, 0.1) is 7.11 Å². The number of esters is 1. The van der Waals surface area contributed by atoms with Crippen molar-refractivity contribution in [1.29, 1.82) is 0 Å². The summed E-state index contributed by atoms with van der Waals surface area (Å²) >= 11 is 0. The molecule has 7 heteroatoms. The molecule has 0 aliphatic rings. The summed E-state index contributed by atoms with van der Waals surface area (Å²) in [6.07, 6.45) is 1.09. The summed E-state index contributed by atoms with van der Waals surface area (Å²) in [6.45, 7) is 3.73. The third-order valence-electron chi connectivity index (χ3n) is 3.67. The van der Waals surface area contributed by atoms with E-state index >= 15 is 0 Å². The monoisotopic (exact) mass is 359 g/mol. The largest absolute Gasteiger partial charge is 0.482 e. The quantitative estimate of drug-likeness (QED) is 0.761. The normalized spacial score (nSPS) is 11.7. The summed E-state index contributed by atoms with van der Waals surface area (Å²) in [5.41, 5.74) is 0.406. The molecule has 7 nitrogen and oxygen atoms in total. The minimum Gasteiger partial charge on any atom is -0.482 e. The van der Waals surface area contributed by atoms with Gasteiger partial charge in [-0.05, 0) is 11.5 Å². The van der Waals surface area contributed by atoms with Gasteiger partial charge in [-0.15, -0.1) is 0 Å². The molecule has 1 amide bonds. The van der Waals surface area contributed by atoms with Crippen molar-refractivity contribution < 1.29 is 23.5 Å². The van der Waals surface area contributed by atoms with Crippen LogP contribution in [0.25, 0.3) is 0 Å². The summed E-state index contributed by atoms with van der Waals surface area (Å²) in [5.74, 6) is -1.65. The number of methoxy groups -OCH3 is 1. The molecular formula is C19H21NO6. The van der Waals surface area contributed by atoms with Crippen molar-refractivity contribution in [1.82, 2.24) is 5.32 Å². The van der Waals surface area contributed by atoms with Crippen molar-refractivity contribution in [3.63, 3.8) is 0 Å². The van der Waals surface area contributed by atoms with E-state index in [1.165, 1.54) is 7.11 Å². The lowest BCUT2D eigenvalue weighted by atomic mass is 10.0. The summed E-state index contributed by atoms with van der Waals surface area (Å²) in [6, 6.07) is 9.52. The lowest BCUT2D eigenvalue weighted by Crippen LogP contribution is -2.45. The van der Waals surface area contributed by atoms with E-state index in [4.69, 9.17) is 9.15 Å². The maximum absolute atomic E-state index is 12.2. The highest BCUT2D eigenvalue weighted by Crippen LogP contribution is 2.10. The predicted octanol–water partition coefficient (Wildman–Crippen LogP) is 2.15. The lowest BCUT2D eigenvalue weighted by molar-refractivity contribution is -0.144. The molecule has 2 aromatic rings. The van der Waals surface area contributed by atoms with Gasteiger partial charge in [0.2, 0.25) is 11.2 Å². The average Bonchev–Trinajstić information content (AvgIpc) is 2.64. The predicted molar refractivity (Wildman–Crippen MR) is 93.9 cm³/mol. The molecule has 0 radical (unpaired) electrons. The van der Waals surface area contributed by atoms with E-state index < -0.39 is 23.3 Å². The van der Waals surface area contributed by atoms with Gasteiger partial charge in [-0.2, -0.15) is 0 Å². The van der Waals surface area contributed by atoms with E-state index in [2.05, 4.69) is 10.1 Å². The molecule has 0 spiro atoms. The fourth-order valence-corrected chi connectivity index (χ4v) is 2.20. The molecule has 1 unspecified atom stereocenters. The number of amides is 1. The molecule has 0 aliphatic carbocycles. The van der Waals surface area contributed by atoms with Gasteiger partial charge < -0.3 is 19.2 Å². The molecule has 1 aromatic heterocycles. The van der Waals surface area contributed by atoms with Crippen molar-refractivity contribution >= 4 is 11.9 Å². The van der Waals surface area contributed by atoms with Gasteiger partial charge in [-0.3, -0.25) is 9.59 Å². The van der Waals surface area contributed by atoms with Crippen molar-refractivity contribution in [2.45, 2.75) is 26.5 Å². The number of rotatable bonds is 7. The Labute approximate surface area is 150 Å². The van der Waals surface area contributed by atoms with E-state index in [-0.39, 0.29) is 24.0 Å². The molecule has 0 aliphatic heterocycles. The van der Waals surface area contributed by atoms with Crippen molar-refractivity contribution in [3.8, 4) is 5.75 Å². The minimum atomic E-state index is -0.841. The smallest absolute Gasteiger partial charge is 0.328 e. The molecule has 0 fully saturated rings. The Bertz CT molecular complexity index is 812. The van der Waals surface area contributed by atoms with Crippen LogP contribution < -0.4 is 15.5 Å². The maximum Gasteiger partial charge on any atom is 0.328 e. The first kappa shape index (κ1) is 19.2. The third-order valence-corrected chi connectivity index (χ3v) is 3.67. The number of benzene rings is 1. The van der Waals surface area contributed by atoms with E-state index in [9.17, 15) is 14.4 Å². The second-order valence-corrected chi connectivity index (χ2v) is 5.97. The summed E-state index contributed by atoms with van der Waals surface area (Å²) in [4.78, 5) is 36.1. The van der Waals surface area contributed by atoms with Crippen LogP contribution in [0.1, 0.15) is 30.0 Å². The Morgan fingerprint density at radius 2 is 1.88 bits per heavy atom. The first-order valence-corrected chi connectivity index (χ1v) is 8.10. The summed E-state index contributed by atoms with van der Waals surface area (Å²) in [7, 11) is 1.24. The molecule has 138 valence electrons. The van der Waals surface area contributed by atoms with Gasteiger partial charge in [0.1, 0.15) is 18.9 Å². The Morgan fingerprint density at radius 3 is 2.46 bits per heavy atom. The van der Waals surface area contributed by atoms with Crippen LogP contribution in [-0.4, -0.2) is 25.0 Å². The lowest BCUT2D eigenvalue weighted by Gasteiger charge is -2.19. The fourth-order valence-electron chi connectivity index (χ4n) is 2.20. The Kier molecular flexibility index (Phi) is 6.54. The van der Waals surface area contributed by atoms with Gasteiger partial charge in [0.25, 0.3) is 5.91 Å². The zero-order chi connectivity index (χ0) is 19.1. The Hall–Kier alpha value is -3.09. The number of hydrogen-bond donors (Lipinski definition) is 1. The number of ether oxygens (including phenoxy) is 2. The van der Waals surface area contributed by atoms with Gasteiger partial charge >= 0.3 is 5.97 Å². The first-order chi connectivity index (χ1) is 12.4. The standard InChI is InChI=1S/C19H21NO6/c1-12(2)17(19(23)24-3)20-18(22)15-9-14(21)16(11-26-15)25-10-13-7-5-4-6-8-13/h4-9,11-12,17H,10H2,1-3H3,(H,20,22). The molecular weight excluding hydrogens is 338 g/mol. The Balaban J connectivity index is 2.07. The van der Waals surface area contributed by atoms with Crippen LogP contribution in [0.15, 0.2) is 51.9 Å². The van der Waals surface area contributed by atoms with Crippen LogP contribution in [-0.2, 0) is 16.1 Å².